The van der Waals surface area contributed by atoms with Gasteiger partial charge in [-0.15, -0.1) is 0 Å². The highest BCUT2D eigenvalue weighted by molar-refractivity contribution is 5.87. The van der Waals surface area contributed by atoms with E-state index in [-0.39, 0.29) is 5.57 Å². The van der Waals surface area contributed by atoms with Crippen molar-refractivity contribution >= 4 is 17.9 Å². The number of carbonyl (C=O) groups is 3. The van der Waals surface area contributed by atoms with E-state index in [4.69, 9.17) is 0 Å². The smallest absolute Gasteiger partial charge is 0.458 e. The van der Waals surface area contributed by atoms with Crippen molar-refractivity contribution in [1.29, 1.82) is 0 Å². The van der Waals surface area contributed by atoms with Crippen LogP contribution in [0.5, 0.6) is 0 Å². The van der Waals surface area contributed by atoms with Crippen molar-refractivity contribution in [3.8, 4) is 0 Å². The molecule has 0 bridgehead atoms. The molecule has 0 amide bonds. The van der Waals surface area contributed by atoms with Crippen molar-refractivity contribution in [2.75, 3.05) is 13.2 Å². The van der Waals surface area contributed by atoms with E-state index in [9.17, 15) is 40.7 Å². The molecule has 132 valence electrons. The third-order valence-electron chi connectivity index (χ3n) is 1.89. The monoisotopic (exact) mass is 352 g/mol. The summed E-state index contributed by atoms with van der Waals surface area (Å²) in [6.07, 6.45) is -12.9. The summed E-state index contributed by atoms with van der Waals surface area (Å²) < 4.78 is 83.6. The first kappa shape index (κ1) is 20.7. The maximum atomic E-state index is 12.0. The summed E-state index contributed by atoms with van der Waals surface area (Å²) >= 11 is 0. The zero-order chi connectivity index (χ0) is 18.4. The highest BCUT2D eigenvalue weighted by Gasteiger charge is 2.44. The van der Waals surface area contributed by atoms with E-state index in [1.807, 2.05) is 0 Å². The Labute approximate surface area is 125 Å². The minimum Gasteiger partial charge on any atom is -0.458 e. The second-order valence-corrected chi connectivity index (χ2v) is 4.00. The molecule has 12 heteroatoms. The van der Waals surface area contributed by atoms with Crippen LogP contribution in [0.1, 0.15) is 6.92 Å². The molecule has 1 unspecified atom stereocenters. The Kier molecular flexibility index (Phi) is 7.06. The van der Waals surface area contributed by atoms with E-state index in [2.05, 4.69) is 20.8 Å². The molecule has 0 radical (unpaired) electrons. The Morgan fingerprint density at radius 3 is 1.74 bits per heavy atom. The van der Waals surface area contributed by atoms with Gasteiger partial charge in [-0.2, -0.15) is 26.3 Å². The quantitative estimate of drug-likeness (QED) is 0.313. The van der Waals surface area contributed by atoms with Crippen LogP contribution in [0.3, 0.4) is 0 Å². The van der Waals surface area contributed by atoms with Gasteiger partial charge in [-0.3, -0.25) is 0 Å². The fraction of sp³-hybridized carbons (Fsp3) is 0.545. The lowest BCUT2D eigenvalue weighted by molar-refractivity contribution is -0.216. The fourth-order valence-corrected chi connectivity index (χ4v) is 0.877. The molecule has 0 spiro atoms. The van der Waals surface area contributed by atoms with Gasteiger partial charge in [-0.25, -0.2) is 14.4 Å². The van der Waals surface area contributed by atoms with Crippen LogP contribution >= 0.6 is 0 Å². The van der Waals surface area contributed by atoms with Gasteiger partial charge >= 0.3 is 30.3 Å². The van der Waals surface area contributed by atoms with Crippen LogP contribution in [0.2, 0.25) is 0 Å². The van der Waals surface area contributed by atoms with Crippen molar-refractivity contribution in [2.45, 2.75) is 25.4 Å². The molecular formula is C11H10F6O6. The first-order valence-electron chi connectivity index (χ1n) is 5.59. The van der Waals surface area contributed by atoms with Gasteiger partial charge in [0.2, 0.25) is 0 Å². The predicted molar refractivity (Wildman–Crippen MR) is 58.7 cm³/mol. The third kappa shape index (κ3) is 8.07. The molecule has 0 N–H and O–H groups in total. The zero-order valence-electron chi connectivity index (χ0n) is 11.4. The molecule has 0 aromatic rings. The maximum Gasteiger partial charge on any atom is 0.490 e. The Morgan fingerprint density at radius 2 is 1.35 bits per heavy atom. The molecule has 0 aliphatic rings. The van der Waals surface area contributed by atoms with E-state index in [1.165, 1.54) is 6.92 Å². The van der Waals surface area contributed by atoms with Gasteiger partial charge in [0.1, 0.15) is 13.2 Å². The fourth-order valence-electron chi connectivity index (χ4n) is 0.877. The summed E-state index contributed by atoms with van der Waals surface area (Å²) in [7, 11) is 0. The van der Waals surface area contributed by atoms with Crippen LogP contribution in [0.25, 0.3) is 0 Å². The summed E-state index contributed by atoms with van der Waals surface area (Å²) in [6, 6.07) is 0. The zero-order valence-corrected chi connectivity index (χ0v) is 11.4. The van der Waals surface area contributed by atoms with Crippen LogP contribution < -0.4 is 0 Å². The first-order chi connectivity index (χ1) is 10.2. The van der Waals surface area contributed by atoms with E-state index < -0.39 is 49.6 Å². The number of esters is 3. The summed E-state index contributed by atoms with van der Waals surface area (Å²) in [5.41, 5.74) is -0.168. The lowest BCUT2D eigenvalue weighted by Crippen LogP contribution is -2.37. The van der Waals surface area contributed by atoms with Gasteiger partial charge < -0.3 is 14.2 Å². The average molecular weight is 352 g/mol. The van der Waals surface area contributed by atoms with Crippen molar-refractivity contribution < 1.29 is 54.9 Å². The second-order valence-electron chi connectivity index (χ2n) is 4.00. The number of alkyl halides is 6. The largest absolute Gasteiger partial charge is 0.490 e. The van der Waals surface area contributed by atoms with Gasteiger partial charge in [-0.05, 0) is 6.92 Å². The van der Waals surface area contributed by atoms with Gasteiger partial charge in [0.15, 0.2) is 6.10 Å². The SMILES string of the molecule is C=C(C)C(=O)OCC(COC(=O)C(F)(F)F)OC(=O)C(F)(F)F. The predicted octanol–water partition coefficient (Wildman–Crippen LogP) is 1.69. The standard InChI is InChI=1S/C11H10F6O6/c1-5(2)7(18)21-3-6(23-9(20)11(15,16)17)4-22-8(19)10(12,13)14/h6H,1,3-4H2,2H3. The lowest BCUT2D eigenvalue weighted by atomic mass is 10.3. The average Bonchev–Trinajstić information content (AvgIpc) is 2.38. The number of carbonyl (C=O) groups excluding carboxylic acids is 3. The number of hydrogen-bond acceptors (Lipinski definition) is 6. The van der Waals surface area contributed by atoms with Crippen LogP contribution in [0, 0.1) is 0 Å². The normalized spacial score (nSPS) is 13.0. The lowest BCUT2D eigenvalue weighted by Gasteiger charge is -2.19. The molecule has 0 rings (SSSR count). The molecule has 6 nitrogen and oxygen atoms in total. The summed E-state index contributed by atoms with van der Waals surface area (Å²) in [6.45, 7) is 1.86. The molecule has 0 aromatic carbocycles. The van der Waals surface area contributed by atoms with Gasteiger partial charge in [0, 0.05) is 5.57 Å². The van der Waals surface area contributed by atoms with Gasteiger partial charge in [0.05, 0.1) is 0 Å². The molecular weight excluding hydrogens is 342 g/mol. The highest BCUT2D eigenvalue weighted by atomic mass is 19.4. The van der Waals surface area contributed by atoms with Crippen molar-refractivity contribution in [3.63, 3.8) is 0 Å². The van der Waals surface area contributed by atoms with Gasteiger partial charge in [-0.1, -0.05) is 6.58 Å². The first-order valence-corrected chi connectivity index (χ1v) is 5.59. The molecule has 0 aliphatic heterocycles. The molecule has 0 saturated heterocycles. The Morgan fingerprint density at radius 1 is 0.913 bits per heavy atom. The van der Waals surface area contributed by atoms with E-state index >= 15 is 0 Å². The van der Waals surface area contributed by atoms with Crippen molar-refractivity contribution in [1.82, 2.24) is 0 Å². The van der Waals surface area contributed by atoms with Crippen LogP contribution in [-0.2, 0) is 28.6 Å². The van der Waals surface area contributed by atoms with Crippen LogP contribution in [0.4, 0.5) is 26.3 Å². The molecule has 0 heterocycles. The minimum atomic E-state index is -5.44. The van der Waals surface area contributed by atoms with Crippen LogP contribution in [0.15, 0.2) is 12.2 Å². The topological polar surface area (TPSA) is 78.9 Å². The van der Waals surface area contributed by atoms with Gasteiger partial charge in [0.25, 0.3) is 0 Å². The molecule has 1 atom stereocenters. The molecule has 0 aromatic heterocycles. The number of hydrogen-bond donors (Lipinski definition) is 0. The van der Waals surface area contributed by atoms with Crippen molar-refractivity contribution in [2.24, 2.45) is 0 Å². The van der Waals surface area contributed by atoms with E-state index in [0.717, 1.165) is 0 Å². The summed E-state index contributed by atoms with van der Waals surface area (Å²) in [5.74, 6) is -6.56. The number of halogens is 6. The molecule has 23 heavy (non-hydrogen) atoms. The summed E-state index contributed by atoms with van der Waals surface area (Å²) in [4.78, 5) is 32.1. The maximum absolute atomic E-state index is 12.0. The number of ether oxygens (including phenoxy) is 3. The molecule has 0 saturated carbocycles. The minimum absolute atomic E-state index is 0.168. The Balaban J connectivity index is 4.80. The van der Waals surface area contributed by atoms with E-state index in [1.54, 1.807) is 0 Å². The third-order valence-corrected chi connectivity index (χ3v) is 1.89. The molecule has 0 aliphatic carbocycles. The molecule has 0 fully saturated rings. The Hall–Kier alpha value is -2.27. The summed E-state index contributed by atoms with van der Waals surface area (Å²) in [5, 5.41) is 0. The number of rotatable bonds is 6. The van der Waals surface area contributed by atoms with Crippen molar-refractivity contribution in [3.05, 3.63) is 12.2 Å². The second kappa shape index (κ2) is 7.83. The van der Waals surface area contributed by atoms with Crippen LogP contribution in [-0.4, -0.2) is 49.6 Å². The van der Waals surface area contributed by atoms with E-state index in [0.29, 0.717) is 0 Å². The Bertz CT molecular complexity index is 480. The highest BCUT2D eigenvalue weighted by Crippen LogP contribution is 2.19.